The monoisotopic (exact) mass is 514 g/mol. The van der Waals surface area contributed by atoms with Gasteiger partial charge in [-0.15, -0.1) is 0 Å². The van der Waals surface area contributed by atoms with Crippen molar-refractivity contribution in [1.29, 1.82) is 0 Å². The van der Waals surface area contributed by atoms with E-state index in [2.05, 4.69) is 0 Å². The van der Waals surface area contributed by atoms with Crippen LogP contribution in [0.15, 0.2) is 48.2 Å². The summed E-state index contributed by atoms with van der Waals surface area (Å²) in [5.41, 5.74) is 1.83. The van der Waals surface area contributed by atoms with E-state index in [1.807, 2.05) is 19.1 Å². The third-order valence-electron chi connectivity index (χ3n) is 5.95. The van der Waals surface area contributed by atoms with Crippen LogP contribution < -0.4 is 0 Å². The van der Waals surface area contributed by atoms with Crippen molar-refractivity contribution >= 4 is 29.8 Å². The first-order valence-corrected chi connectivity index (χ1v) is 13.8. The van der Waals surface area contributed by atoms with E-state index in [1.54, 1.807) is 18.2 Å². The standard InChI is InChI=1S/C24H23F4O4PS/c1-15-5-6-17(16-7-9-18(25)10-8-16)13-19(15)20-21(23(31-22(20)29)11-3-4-12-23)32-33(2,34)30-14-24(26,27)28/h5-10,13H,3-4,11-12,14H2,1-2H3. The molecule has 182 valence electrons. The van der Waals surface area contributed by atoms with Crippen molar-refractivity contribution < 1.29 is 36.1 Å². The highest BCUT2D eigenvalue weighted by atomic mass is 32.5. The predicted molar refractivity (Wildman–Crippen MR) is 124 cm³/mol. The number of carbonyl (C=O) groups is 1. The van der Waals surface area contributed by atoms with Crippen molar-refractivity contribution in [3.63, 3.8) is 0 Å². The Kier molecular flexibility index (Phi) is 6.66. The molecule has 2 aromatic rings. The number of hydrogen-bond donors (Lipinski definition) is 0. The van der Waals surface area contributed by atoms with E-state index < -0.39 is 30.8 Å². The second-order valence-electron chi connectivity index (χ2n) is 8.58. The number of ether oxygens (including phenoxy) is 1. The summed E-state index contributed by atoms with van der Waals surface area (Å²) < 4.78 is 68.4. The zero-order valence-electron chi connectivity index (χ0n) is 18.6. The molecule has 1 aliphatic carbocycles. The maximum atomic E-state index is 13.4. The summed E-state index contributed by atoms with van der Waals surface area (Å²) in [6, 6.07) is 11.3. The smallest absolute Gasteiger partial charge is 0.412 e. The van der Waals surface area contributed by atoms with Crippen LogP contribution in [0.3, 0.4) is 0 Å². The molecule has 10 heteroatoms. The van der Waals surface area contributed by atoms with Crippen LogP contribution in [0, 0.1) is 12.7 Å². The maximum Gasteiger partial charge on any atom is 0.412 e. The highest BCUT2D eigenvalue weighted by molar-refractivity contribution is 8.09. The van der Waals surface area contributed by atoms with Gasteiger partial charge in [0.15, 0.2) is 18.0 Å². The Balaban J connectivity index is 1.81. The number of carbonyl (C=O) groups excluding carboxylic acids is 1. The molecule has 1 fully saturated rings. The van der Waals surface area contributed by atoms with Gasteiger partial charge in [-0.05, 0) is 84.9 Å². The van der Waals surface area contributed by atoms with Crippen LogP contribution in [0.2, 0.25) is 0 Å². The fourth-order valence-electron chi connectivity index (χ4n) is 4.33. The zero-order chi connectivity index (χ0) is 24.7. The minimum atomic E-state index is -4.56. The van der Waals surface area contributed by atoms with Gasteiger partial charge in [-0.1, -0.05) is 24.3 Å². The first kappa shape index (κ1) is 24.9. The minimum Gasteiger partial charge on any atom is -0.447 e. The molecule has 2 aliphatic rings. The number of hydrogen-bond acceptors (Lipinski definition) is 5. The lowest BCUT2D eigenvalue weighted by Gasteiger charge is -2.29. The largest absolute Gasteiger partial charge is 0.447 e. The second-order valence-corrected chi connectivity index (χ2v) is 12.6. The molecule has 0 amide bonds. The van der Waals surface area contributed by atoms with Crippen LogP contribution in [0.1, 0.15) is 36.8 Å². The van der Waals surface area contributed by atoms with Crippen LogP contribution in [-0.4, -0.2) is 31.0 Å². The number of alkyl halides is 3. The molecular formula is C24H23F4O4PS. The van der Waals surface area contributed by atoms with Gasteiger partial charge in [-0.3, -0.25) is 0 Å². The summed E-state index contributed by atoms with van der Waals surface area (Å²) in [6.07, 6.45) is -2.03. The number of halogens is 4. The Bertz CT molecular complexity index is 1180. The molecule has 1 atom stereocenters. The van der Waals surface area contributed by atoms with Crippen LogP contribution in [0.5, 0.6) is 0 Å². The van der Waals surface area contributed by atoms with Crippen molar-refractivity contribution in [2.75, 3.05) is 13.3 Å². The van der Waals surface area contributed by atoms with Gasteiger partial charge in [0.1, 0.15) is 11.4 Å². The molecule has 0 saturated heterocycles. The van der Waals surface area contributed by atoms with Gasteiger partial charge in [0.25, 0.3) is 0 Å². The molecule has 1 saturated carbocycles. The van der Waals surface area contributed by atoms with Gasteiger partial charge in [0.2, 0.25) is 6.49 Å². The SMILES string of the molecule is Cc1ccc(-c2ccc(F)cc2)cc1C1=C(OP(C)(=S)OCC(F)(F)F)C2(CCCC2)OC1=O. The highest BCUT2D eigenvalue weighted by Crippen LogP contribution is 2.57. The average Bonchev–Trinajstić information content (AvgIpc) is 3.32. The fourth-order valence-corrected chi connectivity index (χ4v) is 5.73. The molecule has 2 aromatic carbocycles. The van der Waals surface area contributed by atoms with Gasteiger partial charge < -0.3 is 13.8 Å². The van der Waals surface area contributed by atoms with E-state index in [0.717, 1.165) is 29.5 Å². The lowest BCUT2D eigenvalue weighted by atomic mass is 9.91. The topological polar surface area (TPSA) is 44.8 Å². The molecule has 1 unspecified atom stereocenters. The molecular weight excluding hydrogens is 491 g/mol. The Labute approximate surface area is 200 Å². The normalized spacial score (nSPS) is 19.4. The molecule has 1 aliphatic heterocycles. The maximum absolute atomic E-state index is 13.4. The summed E-state index contributed by atoms with van der Waals surface area (Å²) in [5.74, 6) is -0.825. The van der Waals surface area contributed by atoms with E-state index in [0.29, 0.717) is 18.4 Å². The molecule has 0 N–H and O–H groups in total. The first-order valence-electron chi connectivity index (χ1n) is 10.7. The third-order valence-corrected chi connectivity index (χ3v) is 7.60. The lowest BCUT2D eigenvalue weighted by Crippen LogP contribution is -2.29. The summed E-state index contributed by atoms with van der Waals surface area (Å²) in [6.45, 7) is -1.83. The molecule has 0 bridgehead atoms. The molecule has 4 rings (SSSR count). The van der Waals surface area contributed by atoms with Crippen molar-refractivity contribution in [3.05, 3.63) is 65.2 Å². The van der Waals surface area contributed by atoms with Crippen molar-refractivity contribution in [2.24, 2.45) is 0 Å². The molecule has 4 nitrogen and oxygen atoms in total. The minimum absolute atomic E-state index is 0.148. The van der Waals surface area contributed by atoms with Crippen LogP contribution in [0.4, 0.5) is 17.6 Å². The van der Waals surface area contributed by atoms with Crippen molar-refractivity contribution in [2.45, 2.75) is 44.4 Å². The van der Waals surface area contributed by atoms with Crippen LogP contribution >= 0.6 is 6.49 Å². The molecule has 34 heavy (non-hydrogen) atoms. The Morgan fingerprint density at radius 2 is 1.71 bits per heavy atom. The molecule has 0 aromatic heterocycles. The second kappa shape index (κ2) is 9.10. The van der Waals surface area contributed by atoms with E-state index in [1.165, 1.54) is 18.8 Å². The Morgan fingerprint density at radius 3 is 2.32 bits per heavy atom. The number of aryl methyl sites for hydroxylation is 1. The van der Waals surface area contributed by atoms with E-state index >= 15 is 0 Å². The van der Waals surface area contributed by atoms with E-state index in [4.69, 9.17) is 25.6 Å². The fraction of sp³-hybridized carbons (Fsp3) is 0.375. The van der Waals surface area contributed by atoms with E-state index in [9.17, 15) is 22.4 Å². The zero-order valence-corrected chi connectivity index (χ0v) is 20.3. The summed E-state index contributed by atoms with van der Waals surface area (Å²) in [7, 11) is 0. The van der Waals surface area contributed by atoms with Gasteiger partial charge in [0.05, 0.1) is 0 Å². The van der Waals surface area contributed by atoms with Gasteiger partial charge in [-0.25, -0.2) is 9.18 Å². The highest BCUT2D eigenvalue weighted by Gasteiger charge is 2.53. The molecule has 1 heterocycles. The Morgan fingerprint density at radius 1 is 1.09 bits per heavy atom. The van der Waals surface area contributed by atoms with Gasteiger partial charge in [-0.2, -0.15) is 13.2 Å². The predicted octanol–water partition coefficient (Wildman–Crippen LogP) is 6.92. The molecule has 0 radical (unpaired) electrons. The average molecular weight is 514 g/mol. The van der Waals surface area contributed by atoms with Crippen molar-refractivity contribution in [1.82, 2.24) is 0 Å². The third kappa shape index (κ3) is 5.21. The number of benzene rings is 2. The van der Waals surface area contributed by atoms with Crippen LogP contribution in [-0.2, 0) is 30.4 Å². The summed E-state index contributed by atoms with van der Waals surface area (Å²) in [5, 5.41) is 0. The summed E-state index contributed by atoms with van der Waals surface area (Å²) in [4.78, 5) is 13.1. The number of esters is 1. The Hall–Kier alpha value is -2.22. The van der Waals surface area contributed by atoms with Crippen molar-refractivity contribution in [3.8, 4) is 11.1 Å². The van der Waals surface area contributed by atoms with Gasteiger partial charge >= 0.3 is 12.1 Å². The summed E-state index contributed by atoms with van der Waals surface area (Å²) >= 11 is 5.29. The molecule has 1 spiro atoms. The van der Waals surface area contributed by atoms with E-state index in [-0.39, 0.29) is 17.1 Å². The van der Waals surface area contributed by atoms with Crippen LogP contribution in [0.25, 0.3) is 16.7 Å². The van der Waals surface area contributed by atoms with Gasteiger partial charge in [0, 0.05) is 6.66 Å². The lowest BCUT2D eigenvalue weighted by molar-refractivity contribution is -0.153. The quantitative estimate of drug-likeness (QED) is 0.238. The number of rotatable bonds is 6. The first-order chi connectivity index (χ1) is 15.9.